The zero-order valence-electron chi connectivity index (χ0n) is 13.5. The van der Waals surface area contributed by atoms with E-state index in [1.807, 2.05) is 17.0 Å². The van der Waals surface area contributed by atoms with Gasteiger partial charge in [-0.3, -0.25) is 4.79 Å². The van der Waals surface area contributed by atoms with E-state index in [4.69, 9.17) is 5.73 Å². The van der Waals surface area contributed by atoms with Crippen LogP contribution < -0.4 is 11.1 Å². The second kappa shape index (κ2) is 7.82. The zero-order chi connectivity index (χ0) is 15.9. The lowest BCUT2D eigenvalue weighted by molar-refractivity contribution is -0.128. The predicted molar refractivity (Wildman–Crippen MR) is 89.3 cm³/mol. The molecule has 1 aromatic carbocycles. The highest BCUT2D eigenvalue weighted by Gasteiger charge is 2.20. The molecule has 0 aromatic heterocycles. The molecule has 2 rings (SSSR count). The Labute approximate surface area is 132 Å². The maximum atomic E-state index is 11.8. The van der Waals surface area contributed by atoms with Crippen LogP contribution >= 0.6 is 0 Å². The fourth-order valence-electron chi connectivity index (χ4n) is 2.51. The van der Waals surface area contributed by atoms with Crippen molar-refractivity contribution in [3.05, 3.63) is 35.4 Å². The maximum absolute atomic E-state index is 11.8. The van der Waals surface area contributed by atoms with Gasteiger partial charge in [-0.05, 0) is 30.9 Å². The third-order valence-corrected chi connectivity index (χ3v) is 4.08. The summed E-state index contributed by atoms with van der Waals surface area (Å²) in [5.41, 5.74) is 8.18. The topological polar surface area (TPSA) is 70.7 Å². The molecule has 1 heterocycles. The van der Waals surface area contributed by atoms with Gasteiger partial charge in [0.2, 0.25) is 5.91 Å². The van der Waals surface area contributed by atoms with Crippen LogP contribution in [-0.4, -0.2) is 29.4 Å². The van der Waals surface area contributed by atoms with Gasteiger partial charge in [-0.1, -0.05) is 31.2 Å². The highest BCUT2D eigenvalue weighted by molar-refractivity contribution is 5.78. The van der Waals surface area contributed by atoms with E-state index in [9.17, 15) is 4.79 Å². The van der Waals surface area contributed by atoms with Crippen molar-refractivity contribution in [3.63, 3.8) is 0 Å². The van der Waals surface area contributed by atoms with Crippen LogP contribution in [0.4, 0.5) is 0 Å². The number of aliphatic imine (C=N–C) groups is 1. The Morgan fingerprint density at radius 1 is 1.41 bits per heavy atom. The summed E-state index contributed by atoms with van der Waals surface area (Å²) in [6.45, 7) is 6.24. The lowest BCUT2D eigenvalue weighted by Crippen LogP contribution is -2.38. The molecule has 1 unspecified atom stereocenters. The standard InChI is InChI=1S/C17H26N4O/c1-3-13(2)20-17(18)19-11-14-7-4-5-8-15(14)12-21-10-6-9-16(21)22/h4-5,7-8,13H,3,6,9-12H2,1-2H3,(H3,18,19,20). The van der Waals surface area contributed by atoms with Crippen molar-refractivity contribution in [2.24, 2.45) is 10.7 Å². The summed E-state index contributed by atoms with van der Waals surface area (Å²) in [5, 5.41) is 3.16. The first kappa shape index (κ1) is 16.3. The summed E-state index contributed by atoms with van der Waals surface area (Å²) >= 11 is 0. The number of carbonyl (C=O) groups is 1. The van der Waals surface area contributed by atoms with Crippen molar-refractivity contribution in [3.8, 4) is 0 Å². The molecule has 1 fully saturated rings. The summed E-state index contributed by atoms with van der Waals surface area (Å²) in [7, 11) is 0. The second-order valence-electron chi connectivity index (χ2n) is 5.84. The number of nitrogens with two attached hydrogens (primary N) is 1. The predicted octanol–water partition coefficient (Wildman–Crippen LogP) is 2.01. The van der Waals surface area contributed by atoms with Gasteiger partial charge in [0.15, 0.2) is 5.96 Å². The molecule has 5 heteroatoms. The van der Waals surface area contributed by atoms with Gasteiger partial charge in [-0.15, -0.1) is 0 Å². The molecule has 1 amide bonds. The van der Waals surface area contributed by atoms with Crippen LogP contribution in [-0.2, 0) is 17.9 Å². The third kappa shape index (κ3) is 4.48. The number of hydrogen-bond acceptors (Lipinski definition) is 2. The van der Waals surface area contributed by atoms with Gasteiger partial charge < -0.3 is 16.0 Å². The van der Waals surface area contributed by atoms with Gasteiger partial charge in [0, 0.05) is 25.6 Å². The molecule has 0 radical (unpaired) electrons. The van der Waals surface area contributed by atoms with Crippen LogP contribution in [0.3, 0.4) is 0 Å². The SMILES string of the molecule is CCC(C)NC(N)=NCc1ccccc1CN1CCCC1=O. The van der Waals surface area contributed by atoms with Gasteiger partial charge >= 0.3 is 0 Å². The van der Waals surface area contributed by atoms with E-state index in [0.29, 0.717) is 31.5 Å². The van der Waals surface area contributed by atoms with Crippen molar-refractivity contribution in [1.82, 2.24) is 10.2 Å². The Morgan fingerprint density at radius 3 is 2.77 bits per heavy atom. The molecule has 120 valence electrons. The molecule has 1 aromatic rings. The summed E-state index contributed by atoms with van der Waals surface area (Å²) in [5.74, 6) is 0.720. The number of amides is 1. The van der Waals surface area contributed by atoms with Gasteiger partial charge in [0.1, 0.15) is 0 Å². The summed E-state index contributed by atoms with van der Waals surface area (Å²) < 4.78 is 0. The fourth-order valence-corrected chi connectivity index (χ4v) is 2.51. The molecule has 1 saturated heterocycles. The van der Waals surface area contributed by atoms with Crippen molar-refractivity contribution in [2.45, 2.75) is 52.2 Å². The normalized spacial score (nSPS) is 16.9. The van der Waals surface area contributed by atoms with Gasteiger partial charge in [0.05, 0.1) is 6.54 Å². The molecular formula is C17H26N4O. The average Bonchev–Trinajstić information content (AvgIpc) is 2.91. The van der Waals surface area contributed by atoms with Gasteiger partial charge in [-0.25, -0.2) is 4.99 Å². The molecular weight excluding hydrogens is 276 g/mol. The molecule has 22 heavy (non-hydrogen) atoms. The van der Waals surface area contributed by atoms with Crippen molar-refractivity contribution >= 4 is 11.9 Å². The largest absolute Gasteiger partial charge is 0.370 e. The summed E-state index contributed by atoms with van der Waals surface area (Å²) in [4.78, 5) is 18.1. The molecule has 3 N–H and O–H groups in total. The Balaban J connectivity index is 2.02. The van der Waals surface area contributed by atoms with E-state index in [1.165, 1.54) is 0 Å². The average molecular weight is 302 g/mol. The monoisotopic (exact) mass is 302 g/mol. The molecule has 1 aliphatic heterocycles. The summed E-state index contributed by atoms with van der Waals surface area (Å²) in [6.07, 6.45) is 2.64. The van der Waals surface area contributed by atoms with Crippen LogP contribution in [0.5, 0.6) is 0 Å². The Morgan fingerprint density at radius 2 is 2.14 bits per heavy atom. The van der Waals surface area contributed by atoms with Crippen LogP contribution in [0.25, 0.3) is 0 Å². The number of nitrogens with one attached hydrogen (secondary N) is 1. The number of benzene rings is 1. The van der Waals surface area contributed by atoms with E-state index < -0.39 is 0 Å². The van der Waals surface area contributed by atoms with E-state index in [-0.39, 0.29) is 5.91 Å². The first-order chi connectivity index (χ1) is 10.6. The number of nitrogens with zero attached hydrogens (tertiary/aromatic N) is 2. The highest BCUT2D eigenvalue weighted by Crippen LogP contribution is 2.17. The van der Waals surface area contributed by atoms with E-state index in [1.54, 1.807) is 0 Å². The maximum Gasteiger partial charge on any atom is 0.222 e. The molecule has 0 spiro atoms. The highest BCUT2D eigenvalue weighted by atomic mass is 16.2. The van der Waals surface area contributed by atoms with E-state index >= 15 is 0 Å². The van der Waals surface area contributed by atoms with Gasteiger partial charge in [0.25, 0.3) is 0 Å². The van der Waals surface area contributed by atoms with E-state index in [0.717, 1.165) is 30.5 Å². The molecule has 1 atom stereocenters. The number of hydrogen-bond donors (Lipinski definition) is 2. The van der Waals surface area contributed by atoms with Gasteiger partial charge in [-0.2, -0.15) is 0 Å². The Bertz CT molecular complexity index is 541. The first-order valence-electron chi connectivity index (χ1n) is 8.01. The lowest BCUT2D eigenvalue weighted by atomic mass is 10.1. The molecule has 0 bridgehead atoms. The Hall–Kier alpha value is -2.04. The zero-order valence-corrected chi connectivity index (χ0v) is 13.5. The van der Waals surface area contributed by atoms with Crippen LogP contribution in [0.15, 0.2) is 29.3 Å². The van der Waals surface area contributed by atoms with Crippen molar-refractivity contribution in [2.75, 3.05) is 6.54 Å². The molecule has 0 saturated carbocycles. The van der Waals surface area contributed by atoms with E-state index in [2.05, 4.69) is 36.3 Å². The molecule has 0 aliphatic carbocycles. The summed E-state index contributed by atoms with van der Waals surface area (Å²) in [6, 6.07) is 8.44. The van der Waals surface area contributed by atoms with Crippen LogP contribution in [0.2, 0.25) is 0 Å². The third-order valence-electron chi connectivity index (χ3n) is 4.08. The first-order valence-corrected chi connectivity index (χ1v) is 8.01. The number of likely N-dealkylation sites (tertiary alicyclic amines) is 1. The lowest BCUT2D eigenvalue weighted by Gasteiger charge is -2.18. The smallest absolute Gasteiger partial charge is 0.222 e. The number of guanidine groups is 1. The van der Waals surface area contributed by atoms with Crippen LogP contribution in [0, 0.1) is 0 Å². The van der Waals surface area contributed by atoms with Crippen molar-refractivity contribution in [1.29, 1.82) is 0 Å². The minimum Gasteiger partial charge on any atom is -0.370 e. The molecule has 1 aliphatic rings. The molecule has 5 nitrogen and oxygen atoms in total. The number of rotatable bonds is 6. The van der Waals surface area contributed by atoms with Crippen molar-refractivity contribution < 1.29 is 4.79 Å². The minimum atomic E-state index is 0.247. The Kier molecular flexibility index (Phi) is 5.81. The quantitative estimate of drug-likeness (QED) is 0.624. The minimum absolute atomic E-state index is 0.247. The second-order valence-corrected chi connectivity index (χ2v) is 5.84. The number of carbonyl (C=O) groups excluding carboxylic acids is 1. The fraction of sp³-hybridized carbons (Fsp3) is 0.529. The van der Waals surface area contributed by atoms with Crippen LogP contribution in [0.1, 0.15) is 44.2 Å².